The Labute approximate surface area is 152 Å². The van der Waals surface area contributed by atoms with Crippen LogP contribution in [0.5, 0.6) is 0 Å². The predicted molar refractivity (Wildman–Crippen MR) is 101 cm³/mol. The van der Waals surface area contributed by atoms with Crippen LogP contribution in [0.2, 0.25) is 0 Å². The van der Waals surface area contributed by atoms with Crippen LogP contribution in [0.3, 0.4) is 0 Å². The smallest absolute Gasteiger partial charge is 0.308 e. The highest BCUT2D eigenvalue weighted by atomic mass is 16.2. The quantitative estimate of drug-likeness (QED) is 0.802. The van der Waals surface area contributed by atoms with E-state index in [4.69, 9.17) is 0 Å². The summed E-state index contributed by atoms with van der Waals surface area (Å²) in [7, 11) is 0. The molecular weight excluding hydrogens is 330 g/mol. The normalized spacial score (nSPS) is 13.6. The number of aryl methyl sites for hydroxylation is 1. The molecule has 0 bridgehead atoms. The second-order valence-electron chi connectivity index (χ2n) is 7.27. The van der Waals surface area contributed by atoms with Crippen molar-refractivity contribution in [3.05, 3.63) is 59.2 Å². The Morgan fingerprint density at radius 1 is 0.923 bits per heavy atom. The van der Waals surface area contributed by atoms with Crippen molar-refractivity contribution in [1.82, 2.24) is 4.90 Å². The summed E-state index contributed by atoms with van der Waals surface area (Å²) in [4.78, 5) is 38.5. The first-order valence-corrected chi connectivity index (χ1v) is 8.35. The highest BCUT2D eigenvalue weighted by molar-refractivity contribution is 6.22. The van der Waals surface area contributed by atoms with Crippen molar-refractivity contribution in [3.63, 3.8) is 0 Å². The van der Waals surface area contributed by atoms with Gasteiger partial charge in [-0.1, -0.05) is 18.2 Å². The van der Waals surface area contributed by atoms with Crippen molar-refractivity contribution in [2.24, 2.45) is 0 Å². The zero-order valence-corrected chi connectivity index (χ0v) is 15.2. The number of para-hydroxylation sites is 1. The number of anilines is 2. The fourth-order valence-corrected chi connectivity index (χ4v) is 2.93. The van der Waals surface area contributed by atoms with Gasteiger partial charge in [-0.3, -0.25) is 14.5 Å². The Kier molecular flexibility index (Phi) is 4.28. The van der Waals surface area contributed by atoms with Crippen LogP contribution in [0.1, 0.15) is 47.1 Å². The van der Waals surface area contributed by atoms with E-state index in [1.54, 1.807) is 24.3 Å². The van der Waals surface area contributed by atoms with Crippen molar-refractivity contribution in [1.29, 1.82) is 0 Å². The summed E-state index contributed by atoms with van der Waals surface area (Å²) in [5.41, 5.74) is 2.15. The van der Waals surface area contributed by atoms with Crippen LogP contribution in [-0.2, 0) is 0 Å². The molecule has 0 fully saturated rings. The zero-order chi connectivity index (χ0) is 19.1. The maximum Gasteiger partial charge on any atom is 0.323 e. The van der Waals surface area contributed by atoms with Gasteiger partial charge in [-0.2, -0.15) is 0 Å². The lowest BCUT2D eigenvalue weighted by Gasteiger charge is -2.29. The molecular formula is C20H21N3O3. The van der Waals surface area contributed by atoms with E-state index >= 15 is 0 Å². The standard InChI is InChI=1S/C20H21N3O3/c1-12-7-5-6-8-16(12)22-19(26)21-13-9-10-14-15(11-13)18(25)23(17(14)24)20(2,3)4/h5-11H,1-4H3,(H2,21,22,26). The van der Waals surface area contributed by atoms with Crippen molar-refractivity contribution in [2.75, 3.05) is 10.6 Å². The molecule has 1 aliphatic rings. The molecule has 2 aromatic rings. The monoisotopic (exact) mass is 351 g/mol. The molecule has 134 valence electrons. The third-order valence-electron chi connectivity index (χ3n) is 4.21. The van der Waals surface area contributed by atoms with Gasteiger partial charge < -0.3 is 10.6 Å². The van der Waals surface area contributed by atoms with E-state index in [2.05, 4.69) is 10.6 Å². The summed E-state index contributed by atoms with van der Waals surface area (Å²) in [5.74, 6) is -0.658. The summed E-state index contributed by atoms with van der Waals surface area (Å²) in [6, 6.07) is 11.8. The number of rotatable bonds is 2. The third-order valence-corrected chi connectivity index (χ3v) is 4.21. The van der Waals surface area contributed by atoms with Gasteiger partial charge >= 0.3 is 6.03 Å². The van der Waals surface area contributed by atoms with Crippen LogP contribution in [-0.4, -0.2) is 28.3 Å². The number of carbonyl (C=O) groups is 3. The van der Waals surface area contributed by atoms with E-state index in [0.717, 1.165) is 5.56 Å². The van der Waals surface area contributed by atoms with Crippen LogP contribution in [0.15, 0.2) is 42.5 Å². The summed E-state index contributed by atoms with van der Waals surface area (Å²) >= 11 is 0. The molecule has 0 unspecified atom stereocenters. The van der Waals surface area contributed by atoms with Gasteiger partial charge in [-0.15, -0.1) is 0 Å². The minimum absolute atomic E-state index is 0.304. The molecule has 0 atom stereocenters. The third kappa shape index (κ3) is 3.18. The first-order chi connectivity index (χ1) is 12.2. The molecule has 26 heavy (non-hydrogen) atoms. The highest BCUT2D eigenvalue weighted by Crippen LogP contribution is 2.31. The largest absolute Gasteiger partial charge is 0.323 e. The molecule has 1 aliphatic heterocycles. The Morgan fingerprint density at radius 3 is 2.23 bits per heavy atom. The molecule has 2 N–H and O–H groups in total. The summed E-state index contributed by atoms with van der Waals surface area (Å²) in [6.07, 6.45) is 0. The zero-order valence-electron chi connectivity index (χ0n) is 15.2. The van der Waals surface area contributed by atoms with E-state index in [-0.39, 0.29) is 11.8 Å². The molecule has 0 aromatic heterocycles. The molecule has 0 radical (unpaired) electrons. The number of urea groups is 1. The molecule has 4 amide bonds. The van der Waals surface area contributed by atoms with Gasteiger partial charge in [-0.25, -0.2) is 4.79 Å². The van der Waals surface area contributed by atoms with Crippen LogP contribution in [0.25, 0.3) is 0 Å². The van der Waals surface area contributed by atoms with Gasteiger partial charge in [0.1, 0.15) is 0 Å². The molecule has 0 saturated carbocycles. The average molecular weight is 351 g/mol. The summed E-state index contributed by atoms with van der Waals surface area (Å²) in [5, 5.41) is 5.47. The number of nitrogens with zero attached hydrogens (tertiary/aromatic N) is 1. The minimum atomic E-state index is -0.608. The maximum atomic E-state index is 12.6. The van der Waals surface area contributed by atoms with E-state index in [0.29, 0.717) is 22.5 Å². The Hall–Kier alpha value is -3.15. The Morgan fingerprint density at radius 2 is 1.58 bits per heavy atom. The first kappa shape index (κ1) is 17.7. The van der Waals surface area contributed by atoms with E-state index in [1.807, 2.05) is 45.9 Å². The lowest BCUT2D eigenvalue weighted by molar-refractivity contribution is 0.0507. The summed E-state index contributed by atoms with van der Waals surface area (Å²) < 4.78 is 0. The van der Waals surface area contributed by atoms with E-state index in [9.17, 15) is 14.4 Å². The predicted octanol–water partition coefficient (Wildman–Crippen LogP) is 4.03. The number of hydrogen-bond donors (Lipinski definition) is 2. The maximum absolute atomic E-state index is 12.6. The van der Waals surface area contributed by atoms with Crippen molar-refractivity contribution < 1.29 is 14.4 Å². The molecule has 3 rings (SSSR count). The van der Waals surface area contributed by atoms with E-state index < -0.39 is 11.6 Å². The number of amides is 4. The second-order valence-corrected chi connectivity index (χ2v) is 7.27. The number of carbonyl (C=O) groups excluding carboxylic acids is 3. The lowest BCUT2D eigenvalue weighted by atomic mass is 10.1. The molecule has 2 aromatic carbocycles. The van der Waals surface area contributed by atoms with Crippen molar-refractivity contribution in [2.45, 2.75) is 33.2 Å². The highest BCUT2D eigenvalue weighted by Gasteiger charge is 2.41. The van der Waals surface area contributed by atoms with Crippen LogP contribution in [0.4, 0.5) is 16.2 Å². The first-order valence-electron chi connectivity index (χ1n) is 8.35. The van der Waals surface area contributed by atoms with Gasteiger partial charge in [0.25, 0.3) is 11.8 Å². The molecule has 0 aliphatic carbocycles. The number of nitrogens with one attached hydrogen (secondary N) is 2. The summed E-state index contributed by atoms with van der Waals surface area (Å²) in [6.45, 7) is 7.33. The minimum Gasteiger partial charge on any atom is -0.308 e. The fourth-order valence-electron chi connectivity index (χ4n) is 2.93. The second kappa shape index (κ2) is 6.29. The molecule has 0 spiro atoms. The number of fused-ring (bicyclic) bond motifs is 1. The van der Waals surface area contributed by atoms with Crippen molar-refractivity contribution in [3.8, 4) is 0 Å². The SMILES string of the molecule is Cc1ccccc1NC(=O)Nc1ccc2c(c1)C(=O)N(C(C)(C)C)C2=O. The van der Waals surface area contributed by atoms with Crippen LogP contribution in [0, 0.1) is 6.92 Å². The van der Waals surface area contributed by atoms with Crippen LogP contribution < -0.4 is 10.6 Å². The van der Waals surface area contributed by atoms with Gasteiger partial charge in [-0.05, 0) is 57.5 Å². The molecule has 6 nitrogen and oxygen atoms in total. The van der Waals surface area contributed by atoms with Gasteiger partial charge in [0, 0.05) is 16.9 Å². The average Bonchev–Trinajstić information content (AvgIpc) is 2.80. The number of benzene rings is 2. The van der Waals surface area contributed by atoms with Gasteiger partial charge in [0.05, 0.1) is 11.1 Å². The lowest BCUT2D eigenvalue weighted by Crippen LogP contribution is -2.45. The fraction of sp³-hybridized carbons (Fsp3) is 0.250. The molecule has 0 saturated heterocycles. The molecule has 1 heterocycles. The topological polar surface area (TPSA) is 78.5 Å². The molecule has 6 heteroatoms. The van der Waals surface area contributed by atoms with Gasteiger partial charge in [0.15, 0.2) is 0 Å². The number of imide groups is 1. The van der Waals surface area contributed by atoms with Gasteiger partial charge in [0.2, 0.25) is 0 Å². The number of hydrogen-bond acceptors (Lipinski definition) is 3. The Balaban J connectivity index is 1.80. The van der Waals surface area contributed by atoms with Crippen molar-refractivity contribution >= 4 is 29.2 Å². The van der Waals surface area contributed by atoms with E-state index in [1.165, 1.54) is 4.90 Å². The Bertz CT molecular complexity index is 913. The van der Waals surface area contributed by atoms with Crippen LogP contribution >= 0.6 is 0 Å².